The number of hydrogen-bond donors (Lipinski definition) is 2. The van der Waals surface area contributed by atoms with Crippen molar-refractivity contribution in [3.63, 3.8) is 0 Å². The molecule has 3 nitrogen and oxygen atoms in total. The van der Waals surface area contributed by atoms with E-state index in [0.29, 0.717) is 12.1 Å². The molecule has 0 fully saturated rings. The van der Waals surface area contributed by atoms with Gasteiger partial charge in [-0.25, -0.2) is 4.39 Å². The average molecular weight is 238 g/mol. The number of para-hydroxylation sites is 1. The largest absolute Gasteiger partial charge is 0.382 e. The van der Waals surface area contributed by atoms with E-state index in [4.69, 9.17) is 0 Å². The first-order valence-electron chi connectivity index (χ1n) is 5.89. The van der Waals surface area contributed by atoms with Gasteiger partial charge in [0.15, 0.2) is 0 Å². The van der Waals surface area contributed by atoms with Gasteiger partial charge in [-0.1, -0.05) is 13.0 Å². The van der Waals surface area contributed by atoms with Gasteiger partial charge in [0.05, 0.1) is 11.3 Å². The van der Waals surface area contributed by atoms with Gasteiger partial charge < -0.3 is 10.6 Å². The molecule has 0 atom stereocenters. The molecule has 0 unspecified atom stereocenters. The number of rotatable bonds is 5. The van der Waals surface area contributed by atoms with Crippen LogP contribution in [0.1, 0.15) is 37.6 Å². The number of hydrogen-bond acceptors (Lipinski definition) is 2. The number of nitrogens with one attached hydrogen (secondary N) is 2. The fourth-order valence-electron chi connectivity index (χ4n) is 1.48. The average Bonchev–Trinajstić information content (AvgIpc) is 2.26. The van der Waals surface area contributed by atoms with Crippen LogP contribution in [0.5, 0.6) is 0 Å². The highest BCUT2D eigenvalue weighted by Crippen LogP contribution is 2.19. The summed E-state index contributed by atoms with van der Waals surface area (Å²) >= 11 is 0. The molecule has 0 radical (unpaired) electrons. The lowest BCUT2D eigenvalue weighted by Gasteiger charge is -2.14. The SMILES string of the molecule is CCCNc1c(F)cccc1C(=O)NC(C)C. The highest BCUT2D eigenvalue weighted by Gasteiger charge is 2.15. The van der Waals surface area contributed by atoms with Crippen LogP contribution >= 0.6 is 0 Å². The van der Waals surface area contributed by atoms with Gasteiger partial charge in [0.25, 0.3) is 5.91 Å². The maximum atomic E-state index is 13.6. The molecule has 1 amide bonds. The van der Waals surface area contributed by atoms with E-state index in [-0.39, 0.29) is 17.6 Å². The zero-order chi connectivity index (χ0) is 12.8. The second-order valence-electron chi connectivity index (χ2n) is 4.22. The lowest BCUT2D eigenvalue weighted by molar-refractivity contribution is 0.0943. The van der Waals surface area contributed by atoms with Crippen molar-refractivity contribution in [2.24, 2.45) is 0 Å². The Morgan fingerprint density at radius 3 is 2.71 bits per heavy atom. The first-order valence-corrected chi connectivity index (χ1v) is 5.89. The molecule has 0 aliphatic rings. The molecule has 1 rings (SSSR count). The lowest BCUT2D eigenvalue weighted by atomic mass is 10.1. The van der Waals surface area contributed by atoms with E-state index in [1.165, 1.54) is 6.07 Å². The summed E-state index contributed by atoms with van der Waals surface area (Å²) in [7, 11) is 0. The van der Waals surface area contributed by atoms with Crippen molar-refractivity contribution >= 4 is 11.6 Å². The minimum absolute atomic E-state index is 0.0322. The van der Waals surface area contributed by atoms with Crippen LogP contribution in [0, 0.1) is 5.82 Å². The van der Waals surface area contributed by atoms with Gasteiger partial charge in [-0.05, 0) is 32.4 Å². The van der Waals surface area contributed by atoms with Crippen molar-refractivity contribution in [3.05, 3.63) is 29.6 Å². The predicted molar refractivity (Wildman–Crippen MR) is 67.8 cm³/mol. The molecule has 0 saturated heterocycles. The van der Waals surface area contributed by atoms with Crippen LogP contribution in [-0.4, -0.2) is 18.5 Å². The van der Waals surface area contributed by atoms with Gasteiger partial charge in [-0.15, -0.1) is 0 Å². The number of halogens is 1. The second kappa shape index (κ2) is 6.23. The van der Waals surface area contributed by atoms with Crippen molar-refractivity contribution in [2.75, 3.05) is 11.9 Å². The van der Waals surface area contributed by atoms with E-state index in [1.54, 1.807) is 12.1 Å². The Morgan fingerprint density at radius 2 is 2.12 bits per heavy atom. The third-order valence-electron chi connectivity index (χ3n) is 2.23. The standard InChI is InChI=1S/C13H19FN2O/c1-4-8-15-12-10(6-5-7-11(12)14)13(17)16-9(2)3/h5-7,9,15H,4,8H2,1-3H3,(H,16,17). The van der Waals surface area contributed by atoms with Crippen LogP contribution in [0.25, 0.3) is 0 Å². The number of carbonyl (C=O) groups excluding carboxylic acids is 1. The Hall–Kier alpha value is -1.58. The molecular weight excluding hydrogens is 219 g/mol. The van der Waals surface area contributed by atoms with Crippen molar-refractivity contribution in [3.8, 4) is 0 Å². The fourth-order valence-corrected chi connectivity index (χ4v) is 1.48. The predicted octanol–water partition coefficient (Wildman–Crippen LogP) is 2.79. The third kappa shape index (κ3) is 3.73. The molecular formula is C13H19FN2O. The molecule has 0 heterocycles. The Kier molecular flexibility index (Phi) is 4.94. The summed E-state index contributed by atoms with van der Waals surface area (Å²) in [6, 6.07) is 4.55. The van der Waals surface area contributed by atoms with E-state index in [2.05, 4.69) is 10.6 Å². The van der Waals surface area contributed by atoms with Crippen molar-refractivity contribution in [1.82, 2.24) is 5.32 Å². The van der Waals surface area contributed by atoms with Gasteiger partial charge in [0.1, 0.15) is 5.82 Å². The summed E-state index contributed by atoms with van der Waals surface area (Å²) in [6.07, 6.45) is 0.875. The van der Waals surface area contributed by atoms with Crippen molar-refractivity contribution < 1.29 is 9.18 Å². The molecule has 1 aromatic rings. The Bertz CT molecular complexity index is 391. The highest BCUT2D eigenvalue weighted by molar-refractivity contribution is 5.99. The van der Waals surface area contributed by atoms with E-state index < -0.39 is 5.82 Å². The maximum absolute atomic E-state index is 13.6. The number of anilines is 1. The van der Waals surface area contributed by atoms with Crippen LogP contribution in [0.4, 0.5) is 10.1 Å². The highest BCUT2D eigenvalue weighted by atomic mass is 19.1. The van der Waals surface area contributed by atoms with E-state index in [9.17, 15) is 9.18 Å². The van der Waals surface area contributed by atoms with Crippen LogP contribution in [0.2, 0.25) is 0 Å². The molecule has 0 aromatic heterocycles. The quantitative estimate of drug-likeness (QED) is 0.828. The topological polar surface area (TPSA) is 41.1 Å². The Morgan fingerprint density at radius 1 is 1.41 bits per heavy atom. The minimum atomic E-state index is -0.394. The van der Waals surface area contributed by atoms with Crippen LogP contribution in [-0.2, 0) is 0 Å². The molecule has 0 aliphatic heterocycles. The molecule has 0 bridgehead atoms. The van der Waals surface area contributed by atoms with Gasteiger partial charge in [0, 0.05) is 12.6 Å². The van der Waals surface area contributed by atoms with Crippen LogP contribution in [0.15, 0.2) is 18.2 Å². The summed E-state index contributed by atoms with van der Waals surface area (Å²) in [5.41, 5.74) is 0.639. The minimum Gasteiger partial charge on any atom is -0.382 e. The molecule has 94 valence electrons. The van der Waals surface area contributed by atoms with Crippen molar-refractivity contribution in [2.45, 2.75) is 33.2 Å². The second-order valence-corrected chi connectivity index (χ2v) is 4.22. The molecule has 2 N–H and O–H groups in total. The normalized spacial score (nSPS) is 10.4. The smallest absolute Gasteiger partial charge is 0.253 e. The summed E-state index contributed by atoms with van der Waals surface area (Å²) in [4.78, 5) is 11.9. The Labute approximate surface area is 101 Å². The molecule has 0 aliphatic carbocycles. The van der Waals surface area contributed by atoms with Crippen LogP contribution in [0.3, 0.4) is 0 Å². The first-order chi connectivity index (χ1) is 8.06. The Balaban J connectivity index is 2.97. The van der Waals surface area contributed by atoms with Gasteiger partial charge in [-0.3, -0.25) is 4.79 Å². The van der Waals surface area contributed by atoms with E-state index >= 15 is 0 Å². The third-order valence-corrected chi connectivity index (χ3v) is 2.23. The fraction of sp³-hybridized carbons (Fsp3) is 0.462. The summed E-state index contributed by atoms with van der Waals surface area (Å²) in [5.74, 6) is -0.645. The lowest BCUT2D eigenvalue weighted by Crippen LogP contribution is -2.31. The zero-order valence-electron chi connectivity index (χ0n) is 10.5. The zero-order valence-corrected chi connectivity index (χ0v) is 10.5. The van der Waals surface area contributed by atoms with Crippen molar-refractivity contribution in [1.29, 1.82) is 0 Å². The summed E-state index contributed by atoms with van der Waals surface area (Å²) < 4.78 is 13.6. The number of benzene rings is 1. The van der Waals surface area contributed by atoms with Crippen LogP contribution < -0.4 is 10.6 Å². The molecule has 1 aromatic carbocycles. The molecule has 0 saturated carbocycles. The molecule has 0 spiro atoms. The summed E-state index contributed by atoms with van der Waals surface area (Å²) in [5, 5.41) is 5.71. The summed E-state index contributed by atoms with van der Waals surface area (Å²) in [6.45, 7) is 6.37. The monoisotopic (exact) mass is 238 g/mol. The first kappa shape index (κ1) is 13.5. The van der Waals surface area contributed by atoms with Gasteiger partial charge in [0.2, 0.25) is 0 Å². The molecule has 4 heteroatoms. The molecule has 17 heavy (non-hydrogen) atoms. The maximum Gasteiger partial charge on any atom is 0.253 e. The number of amides is 1. The van der Waals surface area contributed by atoms with E-state index in [0.717, 1.165) is 6.42 Å². The van der Waals surface area contributed by atoms with Gasteiger partial charge in [-0.2, -0.15) is 0 Å². The van der Waals surface area contributed by atoms with E-state index in [1.807, 2.05) is 20.8 Å². The number of carbonyl (C=O) groups is 1. The van der Waals surface area contributed by atoms with Gasteiger partial charge >= 0.3 is 0 Å².